The maximum Gasteiger partial charge on any atom is 0.123 e. The van der Waals surface area contributed by atoms with E-state index in [2.05, 4.69) is 10.3 Å². The number of aromatic nitrogens is 3. The van der Waals surface area contributed by atoms with Crippen molar-refractivity contribution in [3.63, 3.8) is 0 Å². The molecule has 0 radical (unpaired) electrons. The maximum atomic E-state index is 12.7. The van der Waals surface area contributed by atoms with Crippen molar-refractivity contribution < 1.29 is 4.39 Å². The molecule has 4 nitrogen and oxygen atoms in total. The van der Waals surface area contributed by atoms with Crippen molar-refractivity contribution in [2.45, 2.75) is 12.8 Å². The summed E-state index contributed by atoms with van der Waals surface area (Å²) in [5, 5.41) is 7.99. The van der Waals surface area contributed by atoms with Crippen molar-refractivity contribution in [1.82, 2.24) is 15.0 Å². The first-order chi connectivity index (χ1) is 7.79. The summed E-state index contributed by atoms with van der Waals surface area (Å²) in [7, 11) is 0. The lowest BCUT2D eigenvalue weighted by Gasteiger charge is -1.98. The Balaban J connectivity index is 2.15. The van der Waals surface area contributed by atoms with Crippen molar-refractivity contribution in [3.05, 3.63) is 42.0 Å². The second-order valence-corrected chi connectivity index (χ2v) is 3.52. The van der Waals surface area contributed by atoms with Gasteiger partial charge < -0.3 is 5.73 Å². The number of aryl methyl sites for hydroxylation is 1. The fraction of sp³-hybridized carbons (Fsp3) is 0.273. The number of rotatable bonds is 4. The predicted molar refractivity (Wildman–Crippen MR) is 58.7 cm³/mol. The van der Waals surface area contributed by atoms with Crippen molar-refractivity contribution >= 4 is 0 Å². The van der Waals surface area contributed by atoms with Crippen LogP contribution in [0.15, 0.2) is 30.5 Å². The zero-order valence-corrected chi connectivity index (χ0v) is 8.81. The Kier molecular flexibility index (Phi) is 3.26. The van der Waals surface area contributed by atoms with E-state index in [-0.39, 0.29) is 5.82 Å². The van der Waals surface area contributed by atoms with E-state index >= 15 is 0 Å². The Morgan fingerprint density at radius 2 is 2.00 bits per heavy atom. The van der Waals surface area contributed by atoms with Gasteiger partial charge in [0.25, 0.3) is 0 Å². The van der Waals surface area contributed by atoms with Crippen LogP contribution in [0, 0.1) is 5.82 Å². The first kappa shape index (κ1) is 10.8. The molecule has 5 heteroatoms. The zero-order chi connectivity index (χ0) is 11.4. The van der Waals surface area contributed by atoms with Gasteiger partial charge in [0, 0.05) is 0 Å². The normalized spacial score (nSPS) is 10.6. The molecular formula is C11H13FN4. The Labute approximate surface area is 92.9 Å². The van der Waals surface area contributed by atoms with Crippen LogP contribution >= 0.6 is 0 Å². The Morgan fingerprint density at radius 1 is 1.25 bits per heavy atom. The minimum Gasteiger partial charge on any atom is -0.330 e. The van der Waals surface area contributed by atoms with Crippen molar-refractivity contribution in [2.75, 3.05) is 6.54 Å². The molecule has 84 valence electrons. The molecular weight excluding hydrogens is 207 g/mol. The third-order valence-electron chi connectivity index (χ3n) is 2.27. The molecule has 0 aliphatic heterocycles. The molecule has 16 heavy (non-hydrogen) atoms. The van der Waals surface area contributed by atoms with Gasteiger partial charge in [-0.1, -0.05) is 5.21 Å². The fourth-order valence-electron chi connectivity index (χ4n) is 1.42. The van der Waals surface area contributed by atoms with Crippen LogP contribution in [0.1, 0.15) is 12.1 Å². The third-order valence-corrected chi connectivity index (χ3v) is 2.27. The highest BCUT2D eigenvalue weighted by Crippen LogP contribution is 2.08. The molecule has 1 heterocycles. The van der Waals surface area contributed by atoms with Gasteiger partial charge in [-0.05, 0) is 43.7 Å². The van der Waals surface area contributed by atoms with E-state index in [1.54, 1.807) is 16.8 Å². The Bertz CT molecular complexity index is 449. The molecule has 0 fully saturated rings. The van der Waals surface area contributed by atoms with Crippen LogP contribution in [0.2, 0.25) is 0 Å². The average molecular weight is 220 g/mol. The topological polar surface area (TPSA) is 56.7 Å². The van der Waals surface area contributed by atoms with E-state index in [1.165, 1.54) is 12.1 Å². The molecule has 0 amide bonds. The SMILES string of the molecule is NCCCc1cn(-c2ccc(F)cc2)nn1. The second-order valence-electron chi connectivity index (χ2n) is 3.52. The molecule has 2 rings (SSSR count). The Morgan fingerprint density at radius 3 is 2.69 bits per heavy atom. The number of benzene rings is 1. The summed E-state index contributed by atoms with van der Waals surface area (Å²) >= 11 is 0. The number of hydrogen-bond donors (Lipinski definition) is 1. The summed E-state index contributed by atoms with van der Waals surface area (Å²) in [6.07, 6.45) is 3.54. The van der Waals surface area contributed by atoms with Crippen LogP contribution in [-0.2, 0) is 6.42 Å². The van der Waals surface area contributed by atoms with Crippen LogP contribution in [0.5, 0.6) is 0 Å². The van der Waals surface area contributed by atoms with Crippen molar-refractivity contribution in [3.8, 4) is 5.69 Å². The van der Waals surface area contributed by atoms with Crippen LogP contribution in [0.4, 0.5) is 4.39 Å². The second kappa shape index (κ2) is 4.85. The standard InChI is InChI=1S/C11H13FN4/c12-9-3-5-11(6-4-9)16-8-10(14-15-16)2-1-7-13/h3-6,8H,1-2,7,13H2. The first-order valence-electron chi connectivity index (χ1n) is 5.17. The number of halogens is 1. The van der Waals surface area contributed by atoms with Gasteiger partial charge in [-0.2, -0.15) is 0 Å². The van der Waals surface area contributed by atoms with E-state index in [0.717, 1.165) is 24.2 Å². The molecule has 0 saturated carbocycles. The highest BCUT2D eigenvalue weighted by Gasteiger charge is 2.02. The number of nitrogens with two attached hydrogens (primary N) is 1. The molecule has 1 aromatic heterocycles. The smallest absolute Gasteiger partial charge is 0.123 e. The highest BCUT2D eigenvalue weighted by molar-refractivity contribution is 5.30. The quantitative estimate of drug-likeness (QED) is 0.844. The molecule has 0 saturated heterocycles. The first-order valence-corrected chi connectivity index (χ1v) is 5.17. The van der Waals surface area contributed by atoms with Gasteiger partial charge in [0.1, 0.15) is 5.82 Å². The van der Waals surface area contributed by atoms with Gasteiger partial charge in [-0.15, -0.1) is 5.10 Å². The summed E-state index contributed by atoms with van der Waals surface area (Å²) in [5.74, 6) is -0.257. The van der Waals surface area contributed by atoms with E-state index < -0.39 is 0 Å². The van der Waals surface area contributed by atoms with Crippen LogP contribution < -0.4 is 5.73 Å². The van der Waals surface area contributed by atoms with Gasteiger partial charge >= 0.3 is 0 Å². The lowest BCUT2D eigenvalue weighted by molar-refractivity contribution is 0.626. The molecule has 0 spiro atoms. The largest absolute Gasteiger partial charge is 0.330 e. The summed E-state index contributed by atoms with van der Waals surface area (Å²) < 4.78 is 14.3. The third kappa shape index (κ3) is 2.43. The van der Waals surface area contributed by atoms with Gasteiger partial charge in [-0.3, -0.25) is 0 Å². The van der Waals surface area contributed by atoms with E-state index in [1.807, 2.05) is 6.20 Å². The van der Waals surface area contributed by atoms with Crippen LogP contribution in [0.25, 0.3) is 5.69 Å². The summed E-state index contributed by atoms with van der Waals surface area (Å²) in [4.78, 5) is 0. The van der Waals surface area contributed by atoms with E-state index in [9.17, 15) is 4.39 Å². The van der Waals surface area contributed by atoms with E-state index in [0.29, 0.717) is 6.54 Å². The van der Waals surface area contributed by atoms with Crippen LogP contribution in [-0.4, -0.2) is 21.5 Å². The van der Waals surface area contributed by atoms with Crippen molar-refractivity contribution in [1.29, 1.82) is 0 Å². The van der Waals surface area contributed by atoms with Gasteiger partial charge in [0.2, 0.25) is 0 Å². The molecule has 0 bridgehead atoms. The molecule has 1 aromatic carbocycles. The monoisotopic (exact) mass is 220 g/mol. The van der Waals surface area contributed by atoms with Gasteiger partial charge in [-0.25, -0.2) is 9.07 Å². The lowest BCUT2D eigenvalue weighted by Crippen LogP contribution is -2.00. The van der Waals surface area contributed by atoms with Crippen molar-refractivity contribution in [2.24, 2.45) is 5.73 Å². The molecule has 0 unspecified atom stereocenters. The average Bonchev–Trinajstić information content (AvgIpc) is 2.76. The fourth-order valence-corrected chi connectivity index (χ4v) is 1.42. The summed E-state index contributed by atoms with van der Waals surface area (Å²) in [6, 6.07) is 6.13. The Hall–Kier alpha value is -1.75. The van der Waals surface area contributed by atoms with E-state index in [4.69, 9.17) is 5.73 Å². The van der Waals surface area contributed by atoms with Crippen LogP contribution in [0.3, 0.4) is 0 Å². The minimum absolute atomic E-state index is 0.257. The van der Waals surface area contributed by atoms with Gasteiger partial charge in [0.15, 0.2) is 0 Å². The molecule has 2 aromatic rings. The maximum absolute atomic E-state index is 12.7. The molecule has 2 N–H and O–H groups in total. The lowest BCUT2D eigenvalue weighted by atomic mass is 10.2. The number of nitrogens with zero attached hydrogens (tertiary/aromatic N) is 3. The molecule has 0 atom stereocenters. The highest BCUT2D eigenvalue weighted by atomic mass is 19.1. The number of hydrogen-bond acceptors (Lipinski definition) is 3. The minimum atomic E-state index is -0.257. The zero-order valence-electron chi connectivity index (χ0n) is 8.81. The molecule has 0 aliphatic rings. The summed E-state index contributed by atoms with van der Waals surface area (Å²) in [6.45, 7) is 0.642. The predicted octanol–water partition coefficient (Wildman–Crippen LogP) is 1.30. The molecule has 0 aliphatic carbocycles. The van der Waals surface area contributed by atoms with Gasteiger partial charge in [0.05, 0.1) is 17.6 Å². The summed E-state index contributed by atoms with van der Waals surface area (Å²) in [5.41, 5.74) is 7.11.